The van der Waals surface area contributed by atoms with Crippen molar-refractivity contribution in [3.05, 3.63) is 53.1 Å². The van der Waals surface area contributed by atoms with Gasteiger partial charge in [0.15, 0.2) is 0 Å². The highest BCUT2D eigenvalue weighted by Crippen LogP contribution is 2.66. The molecule has 2 fully saturated rings. The molecule has 0 radical (unpaired) electrons. The van der Waals surface area contributed by atoms with Gasteiger partial charge in [0, 0.05) is 59.7 Å². The summed E-state index contributed by atoms with van der Waals surface area (Å²) in [5.41, 5.74) is 5.15. The van der Waals surface area contributed by atoms with Crippen LogP contribution in [0.2, 0.25) is 0 Å². The molecule has 10 heteroatoms. The van der Waals surface area contributed by atoms with Gasteiger partial charge < -0.3 is 14.2 Å². The van der Waals surface area contributed by atoms with Crippen molar-refractivity contribution < 1.29 is 22.7 Å². The molecule has 2 aliphatic heterocycles. The molecular weight excluding hydrogens is 600 g/mol. The van der Waals surface area contributed by atoms with Gasteiger partial charge in [0.1, 0.15) is 5.75 Å². The van der Waals surface area contributed by atoms with Crippen LogP contribution >= 0.6 is 0 Å². The minimum atomic E-state index is -3.74. The highest BCUT2D eigenvalue weighted by Gasteiger charge is 2.64. The largest absolute Gasteiger partial charge is 0.497 e. The van der Waals surface area contributed by atoms with E-state index in [1.807, 2.05) is 18.2 Å². The molecule has 2 amide bonds. The third-order valence-electron chi connectivity index (χ3n) is 10.8. The van der Waals surface area contributed by atoms with Gasteiger partial charge in [0.2, 0.25) is 15.9 Å². The quantitative estimate of drug-likeness (QED) is 0.318. The van der Waals surface area contributed by atoms with Gasteiger partial charge in [0.25, 0.3) is 5.91 Å². The summed E-state index contributed by atoms with van der Waals surface area (Å²) in [7, 11) is 0.0722. The van der Waals surface area contributed by atoms with E-state index in [4.69, 9.17) is 4.74 Å². The molecule has 248 valence electrons. The molecule has 2 aromatic carbocycles. The first kappa shape index (κ1) is 32.6. The Morgan fingerprint density at radius 1 is 1.04 bits per heavy atom. The molecule has 3 heterocycles. The zero-order valence-electron chi connectivity index (χ0n) is 28.2. The van der Waals surface area contributed by atoms with Crippen molar-refractivity contribution in [1.29, 1.82) is 0 Å². The maximum atomic E-state index is 14.8. The number of nitrogens with one attached hydrogen (secondary N) is 1. The number of piperazine rings is 1. The Hall–Kier alpha value is -3.37. The first-order chi connectivity index (χ1) is 21.8. The number of amides is 2. The van der Waals surface area contributed by atoms with E-state index in [-0.39, 0.29) is 29.5 Å². The van der Waals surface area contributed by atoms with E-state index in [0.29, 0.717) is 25.6 Å². The van der Waals surface area contributed by atoms with Crippen molar-refractivity contribution in [2.75, 3.05) is 33.5 Å². The first-order valence-electron chi connectivity index (χ1n) is 16.7. The molecule has 3 aliphatic rings. The lowest BCUT2D eigenvalue weighted by molar-refractivity contribution is -0.141. The standard InChI is InChI=1S/C36H48N4O5S/c1-8-10-24(11-9-2)32-28-14-12-25(34(41)37-46(7,43)44)16-31(28)40-21-36(35(42)39-19-22(3)38(5)23(4)20-39)18-30(36)29-17-26(45-6)13-15-27(29)33(32)40/h12-17,22-24,30H,8-11,18-21H2,1-7H3,(H,37,41)/t22-,23+,30?,36?. The summed E-state index contributed by atoms with van der Waals surface area (Å²) in [6.07, 6.45) is 5.84. The zero-order valence-corrected chi connectivity index (χ0v) is 29.0. The van der Waals surface area contributed by atoms with Gasteiger partial charge >= 0.3 is 0 Å². The van der Waals surface area contributed by atoms with Gasteiger partial charge in [-0.25, -0.2) is 13.1 Å². The lowest BCUT2D eigenvalue weighted by Crippen LogP contribution is -2.58. The number of carbonyl (C=O) groups is 2. The fourth-order valence-corrected chi connectivity index (χ4v) is 8.73. The number of methoxy groups -OCH3 is 1. The summed E-state index contributed by atoms with van der Waals surface area (Å²) in [6, 6.07) is 12.3. The predicted octanol–water partition coefficient (Wildman–Crippen LogP) is 5.73. The van der Waals surface area contributed by atoms with Crippen LogP contribution in [-0.2, 0) is 21.4 Å². The normalized spacial score (nSPS) is 24.3. The van der Waals surface area contributed by atoms with Crippen LogP contribution in [0.5, 0.6) is 5.75 Å². The second-order valence-electron chi connectivity index (χ2n) is 14.0. The van der Waals surface area contributed by atoms with Crippen LogP contribution in [0, 0.1) is 5.41 Å². The average molecular weight is 649 g/mol. The maximum absolute atomic E-state index is 14.8. The van der Waals surface area contributed by atoms with Gasteiger partial charge in [-0.1, -0.05) is 32.8 Å². The zero-order chi connectivity index (χ0) is 33.1. The minimum absolute atomic E-state index is 0.0469. The van der Waals surface area contributed by atoms with Crippen molar-refractivity contribution in [2.45, 2.75) is 90.3 Å². The molecule has 6 rings (SSSR count). The molecular formula is C36H48N4O5S. The van der Waals surface area contributed by atoms with Crippen molar-refractivity contribution in [2.24, 2.45) is 5.41 Å². The molecule has 1 saturated heterocycles. The van der Waals surface area contributed by atoms with Gasteiger partial charge in [-0.3, -0.25) is 14.5 Å². The number of hydrogen-bond acceptors (Lipinski definition) is 6. The Kier molecular flexibility index (Phi) is 8.51. The van der Waals surface area contributed by atoms with Gasteiger partial charge in [0.05, 0.1) is 24.5 Å². The summed E-state index contributed by atoms with van der Waals surface area (Å²) in [5.74, 6) is 0.650. The van der Waals surface area contributed by atoms with E-state index in [0.717, 1.165) is 71.8 Å². The first-order valence-corrected chi connectivity index (χ1v) is 18.6. The summed E-state index contributed by atoms with van der Waals surface area (Å²) in [4.78, 5) is 32.3. The summed E-state index contributed by atoms with van der Waals surface area (Å²) in [6.45, 7) is 10.7. The van der Waals surface area contributed by atoms with E-state index in [1.165, 1.54) is 5.56 Å². The van der Waals surface area contributed by atoms with E-state index in [1.54, 1.807) is 13.2 Å². The summed E-state index contributed by atoms with van der Waals surface area (Å²) in [5, 5.41) is 1.06. The second-order valence-corrected chi connectivity index (χ2v) is 15.7. The number of carbonyl (C=O) groups excluding carboxylic acids is 2. The van der Waals surface area contributed by atoms with Crippen LogP contribution in [0.25, 0.3) is 22.2 Å². The van der Waals surface area contributed by atoms with E-state index >= 15 is 0 Å². The fourth-order valence-electron chi connectivity index (χ4n) is 8.27. The summed E-state index contributed by atoms with van der Waals surface area (Å²) >= 11 is 0. The third-order valence-corrected chi connectivity index (χ3v) is 11.4. The number of hydrogen-bond donors (Lipinski definition) is 1. The van der Waals surface area contributed by atoms with Crippen LogP contribution in [-0.4, -0.2) is 80.2 Å². The number of benzene rings is 2. The molecule has 0 bridgehead atoms. The lowest BCUT2D eigenvalue weighted by atomic mass is 9.85. The van der Waals surface area contributed by atoms with Crippen LogP contribution < -0.4 is 9.46 Å². The molecule has 46 heavy (non-hydrogen) atoms. The molecule has 9 nitrogen and oxygen atoms in total. The van der Waals surface area contributed by atoms with Crippen LogP contribution in [0.1, 0.15) is 93.1 Å². The molecule has 1 aromatic heterocycles. The van der Waals surface area contributed by atoms with E-state index in [9.17, 15) is 18.0 Å². The van der Waals surface area contributed by atoms with E-state index < -0.39 is 21.3 Å². The van der Waals surface area contributed by atoms with Crippen molar-refractivity contribution in [3.63, 3.8) is 0 Å². The monoisotopic (exact) mass is 648 g/mol. The highest BCUT2D eigenvalue weighted by molar-refractivity contribution is 7.89. The maximum Gasteiger partial charge on any atom is 0.264 e. The molecule has 2 unspecified atom stereocenters. The SMILES string of the molecule is CCCC(CCC)c1c2n(c3cc(C(=O)NS(C)(=O)=O)ccc13)CC1(C(=O)N3C[C@@H](C)N(C)[C@@H](C)C3)CC1c1cc(OC)ccc1-2. The number of aromatic nitrogens is 1. The van der Waals surface area contributed by atoms with E-state index in [2.05, 4.69) is 66.0 Å². The van der Waals surface area contributed by atoms with Crippen LogP contribution in [0.15, 0.2) is 36.4 Å². The number of sulfonamides is 1. The topological polar surface area (TPSA) is 101 Å². The van der Waals surface area contributed by atoms with Crippen molar-refractivity contribution in [1.82, 2.24) is 19.1 Å². The molecule has 3 aromatic rings. The molecule has 1 aliphatic carbocycles. The number of ether oxygens (including phenoxy) is 1. The van der Waals surface area contributed by atoms with Crippen molar-refractivity contribution in [3.8, 4) is 17.0 Å². The minimum Gasteiger partial charge on any atom is -0.497 e. The van der Waals surface area contributed by atoms with Gasteiger partial charge in [-0.15, -0.1) is 0 Å². The second kappa shape index (κ2) is 12.0. The number of rotatable bonds is 9. The smallest absolute Gasteiger partial charge is 0.264 e. The Morgan fingerprint density at radius 2 is 1.72 bits per heavy atom. The Bertz CT molecular complexity index is 1780. The van der Waals surface area contributed by atoms with Gasteiger partial charge in [-0.2, -0.15) is 0 Å². The average Bonchev–Trinajstić information content (AvgIpc) is 3.68. The van der Waals surface area contributed by atoms with Gasteiger partial charge in [-0.05, 0) is 87.5 Å². The lowest BCUT2D eigenvalue weighted by Gasteiger charge is -2.43. The van der Waals surface area contributed by atoms with Crippen LogP contribution in [0.3, 0.4) is 0 Å². The molecule has 1 N–H and O–H groups in total. The Labute approximate surface area is 273 Å². The molecule has 0 spiro atoms. The van der Waals surface area contributed by atoms with Crippen LogP contribution in [0.4, 0.5) is 0 Å². The third kappa shape index (κ3) is 5.51. The molecule has 1 saturated carbocycles. The highest BCUT2D eigenvalue weighted by atomic mass is 32.2. The number of fused-ring (bicyclic) bond motifs is 7. The molecule has 4 atom stereocenters. The predicted molar refractivity (Wildman–Crippen MR) is 182 cm³/mol. The number of nitrogens with zero attached hydrogens (tertiary/aromatic N) is 3. The summed E-state index contributed by atoms with van der Waals surface area (Å²) < 4.78 is 34.1. The van der Waals surface area contributed by atoms with Crippen molar-refractivity contribution >= 4 is 32.7 Å². The Balaban J connectivity index is 1.59. The Morgan fingerprint density at radius 3 is 2.33 bits per heavy atom. The fraction of sp³-hybridized carbons (Fsp3) is 0.556. The number of likely N-dealkylation sites (N-methyl/N-ethyl adjacent to an activating group) is 1.